The Bertz CT molecular complexity index is 1020. The Morgan fingerprint density at radius 3 is 2.40 bits per heavy atom. The summed E-state index contributed by atoms with van der Waals surface area (Å²) in [5.74, 6) is 0.970. The average molecular weight is 425 g/mol. The Hall–Kier alpha value is -2.50. The van der Waals surface area contributed by atoms with Gasteiger partial charge in [-0.15, -0.1) is 0 Å². The van der Waals surface area contributed by atoms with Gasteiger partial charge in [-0.1, -0.05) is 11.6 Å². The van der Waals surface area contributed by atoms with E-state index in [4.69, 9.17) is 16.6 Å². The van der Waals surface area contributed by atoms with Crippen LogP contribution in [0.3, 0.4) is 0 Å². The Morgan fingerprint density at radius 2 is 1.73 bits per heavy atom. The maximum Gasteiger partial charge on any atom is 0.133 e. The van der Waals surface area contributed by atoms with Gasteiger partial charge < -0.3 is 20.6 Å². The quantitative estimate of drug-likeness (QED) is 0.501. The fourth-order valence-electron chi connectivity index (χ4n) is 4.08. The lowest BCUT2D eigenvalue weighted by molar-refractivity contribution is 0.317. The van der Waals surface area contributed by atoms with E-state index in [-0.39, 0.29) is 11.3 Å². The number of aromatic hydroxyl groups is 1. The van der Waals surface area contributed by atoms with Crippen LogP contribution in [0.2, 0.25) is 5.02 Å². The summed E-state index contributed by atoms with van der Waals surface area (Å²) in [6.45, 7) is 8.62. The highest BCUT2D eigenvalue weighted by Gasteiger charge is 2.24. The van der Waals surface area contributed by atoms with Gasteiger partial charge in [0.1, 0.15) is 11.6 Å². The summed E-state index contributed by atoms with van der Waals surface area (Å²) < 4.78 is 0. The molecule has 0 amide bonds. The molecule has 1 aliphatic rings. The standard InChI is InChI=1S/C24H29ClN4O/c1-24(2,3)28-18-10-12-29(13-11-18)22-15-23(26-17-6-4-16(25)5-7-17)27-21-14-19(30)8-9-20(21)22/h4-9,14-15,18,28,30H,10-13H2,1-3H3,(H,26,27). The number of aromatic nitrogens is 1. The van der Waals surface area contributed by atoms with Crippen LogP contribution in [0.4, 0.5) is 17.2 Å². The Labute approximate surface area is 183 Å². The van der Waals surface area contributed by atoms with Gasteiger partial charge in [0.05, 0.1) is 5.52 Å². The van der Waals surface area contributed by atoms with Crippen molar-refractivity contribution >= 4 is 39.7 Å². The first kappa shape index (κ1) is 20.8. The normalized spacial score (nSPS) is 15.5. The summed E-state index contributed by atoms with van der Waals surface area (Å²) in [6.07, 6.45) is 2.19. The predicted octanol–water partition coefficient (Wildman–Crippen LogP) is 5.69. The van der Waals surface area contributed by atoms with Crippen molar-refractivity contribution in [1.82, 2.24) is 10.3 Å². The zero-order chi connectivity index (χ0) is 21.3. The number of phenolic OH excluding ortho intramolecular Hbond substituents is 1. The van der Waals surface area contributed by atoms with Crippen LogP contribution >= 0.6 is 11.6 Å². The molecule has 0 spiro atoms. The minimum atomic E-state index is 0.128. The van der Waals surface area contributed by atoms with Crippen molar-refractivity contribution in [2.45, 2.75) is 45.2 Å². The van der Waals surface area contributed by atoms with Gasteiger partial charge in [-0.25, -0.2) is 4.98 Å². The van der Waals surface area contributed by atoms with Crippen molar-refractivity contribution in [2.24, 2.45) is 0 Å². The van der Waals surface area contributed by atoms with Gasteiger partial charge in [-0.2, -0.15) is 0 Å². The van der Waals surface area contributed by atoms with E-state index in [1.54, 1.807) is 12.1 Å². The van der Waals surface area contributed by atoms with Crippen LogP contribution in [0.25, 0.3) is 10.9 Å². The lowest BCUT2D eigenvalue weighted by atomic mass is 9.99. The minimum absolute atomic E-state index is 0.128. The number of piperidine rings is 1. The van der Waals surface area contributed by atoms with Gasteiger partial charge >= 0.3 is 0 Å². The highest BCUT2D eigenvalue weighted by Crippen LogP contribution is 2.33. The van der Waals surface area contributed by atoms with E-state index in [9.17, 15) is 5.11 Å². The summed E-state index contributed by atoms with van der Waals surface area (Å²) in [5.41, 5.74) is 2.97. The molecule has 3 N–H and O–H groups in total. The Morgan fingerprint density at radius 1 is 1.03 bits per heavy atom. The van der Waals surface area contributed by atoms with Crippen LogP contribution in [-0.4, -0.2) is 34.8 Å². The number of pyridine rings is 1. The topological polar surface area (TPSA) is 60.4 Å². The third-order valence-electron chi connectivity index (χ3n) is 5.36. The van der Waals surface area contributed by atoms with Crippen molar-refractivity contribution in [3.63, 3.8) is 0 Å². The molecule has 0 unspecified atom stereocenters. The van der Waals surface area contributed by atoms with E-state index < -0.39 is 0 Å². The Kier molecular flexibility index (Phi) is 5.76. The second kappa shape index (κ2) is 8.32. The number of nitrogens with one attached hydrogen (secondary N) is 2. The number of nitrogens with zero attached hydrogens (tertiary/aromatic N) is 2. The molecule has 158 valence electrons. The van der Waals surface area contributed by atoms with Gasteiger partial charge in [-0.05, 0) is 70.0 Å². The number of hydrogen-bond acceptors (Lipinski definition) is 5. The van der Waals surface area contributed by atoms with Crippen molar-refractivity contribution in [2.75, 3.05) is 23.3 Å². The highest BCUT2D eigenvalue weighted by atomic mass is 35.5. The predicted molar refractivity (Wildman–Crippen MR) is 126 cm³/mol. The smallest absolute Gasteiger partial charge is 0.133 e. The van der Waals surface area contributed by atoms with E-state index in [2.05, 4.69) is 42.4 Å². The molecule has 5 nitrogen and oxygen atoms in total. The largest absolute Gasteiger partial charge is 0.508 e. The number of phenols is 1. The van der Waals surface area contributed by atoms with Crippen LogP contribution in [-0.2, 0) is 0 Å². The molecule has 3 aromatic rings. The van der Waals surface area contributed by atoms with Crippen molar-refractivity contribution in [3.05, 3.63) is 53.6 Å². The lowest BCUT2D eigenvalue weighted by Crippen LogP contribution is -2.49. The monoisotopic (exact) mass is 424 g/mol. The van der Waals surface area contributed by atoms with Gasteiger partial charge in [0.2, 0.25) is 0 Å². The number of anilines is 3. The molecule has 1 aromatic heterocycles. The van der Waals surface area contributed by atoms with Gasteiger partial charge in [-0.3, -0.25) is 0 Å². The second-order valence-electron chi connectivity index (χ2n) is 9.02. The summed E-state index contributed by atoms with van der Waals surface area (Å²) in [5, 5.41) is 18.8. The van der Waals surface area contributed by atoms with E-state index in [0.717, 1.165) is 54.0 Å². The SMILES string of the molecule is CC(C)(C)NC1CCN(c2cc(Nc3ccc(Cl)cc3)nc3cc(O)ccc23)CC1. The number of rotatable bonds is 4. The van der Waals surface area contributed by atoms with Crippen LogP contribution in [0.5, 0.6) is 5.75 Å². The third-order valence-corrected chi connectivity index (χ3v) is 5.61. The number of benzene rings is 2. The molecule has 6 heteroatoms. The van der Waals surface area contributed by atoms with Crippen molar-refractivity contribution in [3.8, 4) is 5.75 Å². The van der Waals surface area contributed by atoms with E-state index in [1.807, 2.05) is 30.3 Å². The molecule has 0 saturated carbocycles. The fraction of sp³-hybridized carbons (Fsp3) is 0.375. The third kappa shape index (κ3) is 4.97. The summed E-state index contributed by atoms with van der Waals surface area (Å²) >= 11 is 6.01. The molecular formula is C24H29ClN4O. The first-order valence-corrected chi connectivity index (χ1v) is 10.8. The van der Waals surface area contributed by atoms with E-state index in [1.165, 1.54) is 0 Å². The highest BCUT2D eigenvalue weighted by molar-refractivity contribution is 6.30. The summed E-state index contributed by atoms with van der Waals surface area (Å²) in [7, 11) is 0. The van der Waals surface area contributed by atoms with E-state index in [0.29, 0.717) is 11.1 Å². The minimum Gasteiger partial charge on any atom is -0.508 e. The zero-order valence-corrected chi connectivity index (χ0v) is 18.5. The molecule has 30 heavy (non-hydrogen) atoms. The lowest BCUT2D eigenvalue weighted by Gasteiger charge is -2.37. The maximum absolute atomic E-state index is 9.99. The molecular weight excluding hydrogens is 396 g/mol. The second-order valence-corrected chi connectivity index (χ2v) is 9.45. The molecule has 0 aliphatic carbocycles. The molecule has 1 saturated heterocycles. The van der Waals surface area contributed by atoms with Crippen LogP contribution in [0.15, 0.2) is 48.5 Å². The van der Waals surface area contributed by atoms with Gasteiger partial charge in [0.25, 0.3) is 0 Å². The van der Waals surface area contributed by atoms with Crippen molar-refractivity contribution < 1.29 is 5.11 Å². The molecule has 2 heterocycles. The maximum atomic E-state index is 9.99. The van der Waals surface area contributed by atoms with Crippen molar-refractivity contribution in [1.29, 1.82) is 0 Å². The number of halogens is 1. The molecule has 1 aliphatic heterocycles. The van der Waals surface area contributed by atoms with Gasteiger partial charge in [0, 0.05) is 58.6 Å². The zero-order valence-electron chi connectivity index (χ0n) is 17.7. The molecule has 0 radical (unpaired) electrons. The van der Waals surface area contributed by atoms with Gasteiger partial charge in [0.15, 0.2) is 0 Å². The molecule has 2 aromatic carbocycles. The molecule has 1 fully saturated rings. The van der Waals surface area contributed by atoms with Crippen LogP contribution in [0, 0.1) is 0 Å². The first-order chi connectivity index (χ1) is 14.3. The summed E-state index contributed by atoms with van der Waals surface area (Å²) in [4.78, 5) is 7.16. The molecule has 4 rings (SSSR count). The molecule has 0 atom stereocenters. The number of hydrogen-bond donors (Lipinski definition) is 3. The van der Waals surface area contributed by atoms with Crippen LogP contribution < -0.4 is 15.5 Å². The Balaban J connectivity index is 1.62. The first-order valence-electron chi connectivity index (χ1n) is 10.5. The average Bonchev–Trinajstić information content (AvgIpc) is 2.68. The van der Waals surface area contributed by atoms with Crippen LogP contribution in [0.1, 0.15) is 33.6 Å². The fourth-order valence-corrected chi connectivity index (χ4v) is 4.21. The van der Waals surface area contributed by atoms with E-state index >= 15 is 0 Å². The number of fused-ring (bicyclic) bond motifs is 1. The molecule has 0 bridgehead atoms. The summed E-state index contributed by atoms with van der Waals surface area (Å²) in [6, 6.07) is 15.6.